The van der Waals surface area contributed by atoms with Crippen LogP contribution in [-0.4, -0.2) is 16.3 Å². The minimum absolute atomic E-state index is 0.142. The third kappa shape index (κ3) is 2.69. The van der Waals surface area contributed by atoms with Gasteiger partial charge in [0, 0.05) is 5.03 Å². The number of thioether (sulfide) groups is 1. The molecule has 0 saturated carbocycles. The highest BCUT2D eigenvalue weighted by molar-refractivity contribution is 8.16. The van der Waals surface area contributed by atoms with Gasteiger partial charge in [0.2, 0.25) is 0 Å². The molecule has 0 amide bonds. The summed E-state index contributed by atoms with van der Waals surface area (Å²) in [5.74, 6) is 0.955. The maximum Gasteiger partial charge on any atom is 0.158 e. The predicted octanol–water partition coefficient (Wildman–Crippen LogP) is 3.23. The van der Waals surface area contributed by atoms with Gasteiger partial charge in [0.15, 0.2) is 4.50 Å². The maximum atomic E-state index is 5.78. The molecule has 62 valence electrons. The van der Waals surface area contributed by atoms with Gasteiger partial charge >= 0.3 is 0 Å². The first kappa shape index (κ1) is 9.43. The fourth-order valence-electron chi connectivity index (χ4n) is 0.706. The lowest BCUT2D eigenvalue weighted by Gasteiger charge is -2.17. The van der Waals surface area contributed by atoms with E-state index in [1.807, 2.05) is 13.0 Å². The highest BCUT2D eigenvalue weighted by Gasteiger charge is 2.18. The van der Waals surface area contributed by atoms with E-state index < -0.39 is 0 Å². The molecule has 1 aliphatic rings. The normalized spacial score (nSPS) is 24.5. The lowest BCUT2D eigenvalue weighted by atomic mass is 10.1. The van der Waals surface area contributed by atoms with Crippen molar-refractivity contribution in [3.8, 4) is 0 Å². The molecule has 0 unspecified atom stereocenters. The molecule has 1 aliphatic carbocycles. The smallest absolute Gasteiger partial charge is 0.158 e. The summed E-state index contributed by atoms with van der Waals surface area (Å²) in [5, 5.41) is 0.819. The van der Waals surface area contributed by atoms with Crippen molar-refractivity contribution in [3.05, 3.63) is 11.1 Å². The Hall–Kier alpha value is 0.340. The summed E-state index contributed by atoms with van der Waals surface area (Å²) in [6.45, 7) is 2.04. The second-order valence-corrected chi connectivity index (χ2v) is 4.43. The molecule has 0 aromatic carbocycles. The number of halogens is 2. The quantitative estimate of drug-likeness (QED) is 0.503. The SMILES string of the molecule is CCS/C(Cl)=N\[C@@H]1CC=C1Cl. The van der Waals surface area contributed by atoms with Crippen LogP contribution in [0.1, 0.15) is 13.3 Å². The largest absolute Gasteiger partial charge is 0.258 e. The Morgan fingerprint density at radius 1 is 1.91 bits per heavy atom. The molecule has 4 heteroatoms. The molecule has 1 atom stereocenters. The molecule has 0 aromatic rings. The zero-order chi connectivity index (χ0) is 8.27. The summed E-state index contributed by atoms with van der Waals surface area (Å²) in [6, 6.07) is 0.142. The van der Waals surface area contributed by atoms with Crippen molar-refractivity contribution in [1.82, 2.24) is 0 Å². The highest BCUT2D eigenvalue weighted by atomic mass is 35.5. The summed E-state index contributed by atoms with van der Waals surface area (Å²) in [7, 11) is 0. The van der Waals surface area contributed by atoms with E-state index >= 15 is 0 Å². The van der Waals surface area contributed by atoms with Crippen LogP contribution in [0.4, 0.5) is 0 Å². The van der Waals surface area contributed by atoms with E-state index in [1.165, 1.54) is 0 Å². The standard InChI is InChI=1S/C7H9Cl2NS/c1-2-11-7(9)10-6-4-3-5(6)8/h3,6H,2,4H2,1H3/b10-7-/t6-/m1/s1. The maximum absolute atomic E-state index is 5.78. The fourth-order valence-corrected chi connectivity index (χ4v) is 1.82. The molecule has 11 heavy (non-hydrogen) atoms. The van der Waals surface area contributed by atoms with Gasteiger partial charge in [0.1, 0.15) is 0 Å². The number of hydrogen-bond donors (Lipinski definition) is 0. The van der Waals surface area contributed by atoms with E-state index in [4.69, 9.17) is 23.2 Å². The lowest BCUT2D eigenvalue weighted by Crippen LogP contribution is -2.13. The first-order chi connectivity index (χ1) is 5.24. The molecule has 0 heterocycles. The van der Waals surface area contributed by atoms with Crippen molar-refractivity contribution in [2.75, 3.05) is 5.75 Å². The van der Waals surface area contributed by atoms with Crippen molar-refractivity contribution >= 4 is 39.5 Å². The molecule has 0 bridgehead atoms. The van der Waals surface area contributed by atoms with Gasteiger partial charge in [0.25, 0.3) is 0 Å². The van der Waals surface area contributed by atoms with Gasteiger partial charge in [-0.1, -0.05) is 48.0 Å². The summed E-state index contributed by atoms with van der Waals surface area (Å²) in [6.07, 6.45) is 2.88. The van der Waals surface area contributed by atoms with Crippen molar-refractivity contribution in [1.29, 1.82) is 0 Å². The van der Waals surface area contributed by atoms with Crippen LogP contribution < -0.4 is 0 Å². The Morgan fingerprint density at radius 2 is 2.64 bits per heavy atom. The van der Waals surface area contributed by atoms with Crippen LogP contribution in [-0.2, 0) is 0 Å². The summed E-state index contributed by atoms with van der Waals surface area (Å²) in [5.41, 5.74) is 0. The monoisotopic (exact) mass is 209 g/mol. The molecular formula is C7H9Cl2NS. The molecule has 0 saturated heterocycles. The average molecular weight is 210 g/mol. The van der Waals surface area contributed by atoms with Crippen LogP contribution in [0.15, 0.2) is 16.1 Å². The van der Waals surface area contributed by atoms with Crippen molar-refractivity contribution in [3.63, 3.8) is 0 Å². The zero-order valence-corrected chi connectivity index (χ0v) is 8.51. The Bertz CT molecular complexity index is 201. The number of hydrogen-bond acceptors (Lipinski definition) is 2. The van der Waals surface area contributed by atoms with E-state index in [1.54, 1.807) is 11.8 Å². The molecule has 0 radical (unpaired) electrons. The van der Waals surface area contributed by atoms with E-state index in [0.717, 1.165) is 17.2 Å². The Morgan fingerprint density at radius 3 is 3.00 bits per heavy atom. The van der Waals surface area contributed by atoms with Gasteiger partial charge in [0.05, 0.1) is 6.04 Å². The number of rotatable bonds is 2. The van der Waals surface area contributed by atoms with Crippen molar-refractivity contribution in [2.24, 2.45) is 4.99 Å². The highest BCUT2D eigenvalue weighted by Crippen LogP contribution is 2.27. The van der Waals surface area contributed by atoms with Gasteiger partial charge in [-0.15, -0.1) is 0 Å². The minimum Gasteiger partial charge on any atom is -0.258 e. The first-order valence-electron chi connectivity index (χ1n) is 3.45. The van der Waals surface area contributed by atoms with E-state index in [9.17, 15) is 0 Å². The van der Waals surface area contributed by atoms with Crippen LogP contribution in [0, 0.1) is 0 Å². The van der Waals surface area contributed by atoms with Crippen LogP contribution in [0.2, 0.25) is 0 Å². The Kier molecular flexibility index (Phi) is 3.76. The average Bonchev–Trinajstić information content (AvgIpc) is 1.98. The molecule has 0 N–H and O–H groups in total. The molecule has 1 nitrogen and oxygen atoms in total. The van der Waals surface area contributed by atoms with Crippen molar-refractivity contribution in [2.45, 2.75) is 19.4 Å². The number of aliphatic imine (C=N–C) groups is 1. The molecule has 0 aliphatic heterocycles. The second kappa shape index (κ2) is 4.39. The van der Waals surface area contributed by atoms with Gasteiger partial charge in [-0.2, -0.15) is 0 Å². The van der Waals surface area contributed by atoms with Gasteiger partial charge in [-0.05, 0) is 12.2 Å². The lowest BCUT2D eigenvalue weighted by molar-refractivity contribution is 0.758. The molecular weight excluding hydrogens is 201 g/mol. The Balaban J connectivity index is 2.39. The summed E-state index contributed by atoms with van der Waals surface area (Å²) in [4.78, 5) is 4.20. The van der Waals surface area contributed by atoms with Gasteiger partial charge in [-0.25, -0.2) is 0 Å². The van der Waals surface area contributed by atoms with Gasteiger partial charge in [-0.3, -0.25) is 4.99 Å². The minimum atomic E-state index is 0.142. The zero-order valence-electron chi connectivity index (χ0n) is 6.18. The molecule has 0 aromatic heterocycles. The second-order valence-electron chi connectivity index (χ2n) is 2.16. The van der Waals surface area contributed by atoms with E-state index in [2.05, 4.69) is 4.99 Å². The van der Waals surface area contributed by atoms with Crippen LogP contribution >= 0.6 is 35.0 Å². The molecule has 1 rings (SSSR count). The van der Waals surface area contributed by atoms with Crippen molar-refractivity contribution < 1.29 is 0 Å². The summed E-state index contributed by atoms with van der Waals surface area (Å²) < 4.78 is 0.615. The first-order valence-corrected chi connectivity index (χ1v) is 5.20. The summed E-state index contributed by atoms with van der Waals surface area (Å²) >= 11 is 13.1. The fraction of sp³-hybridized carbons (Fsp3) is 0.571. The van der Waals surface area contributed by atoms with Crippen LogP contribution in [0.25, 0.3) is 0 Å². The molecule has 0 fully saturated rings. The van der Waals surface area contributed by atoms with Crippen LogP contribution in [0.3, 0.4) is 0 Å². The predicted molar refractivity (Wildman–Crippen MR) is 53.8 cm³/mol. The topological polar surface area (TPSA) is 12.4 Å². The number of nitrogens with zero attached hydrogens (tertiary/aromatic N) is 1. The third-order valence-corrected chi connectivity index (χ3v) is 2.84. The molecule has 0 spiro atoms. The van der Waals surface area contributed by atoms with E-state index in [-0.39, 0.29) is 6.04 Å². The van der Waals surface area contributed by atoms with Gasteiger partial charge < -0.3 is 0 Å². The third-order valence-electron chi connectivity index (χ3n) is 1.38. The Labute approximate surface area is 80.9 Å². The van der Waals surface area contributed by atoms with Crippen LogP contribution in [0.5, 0.6) is 0 Å². The van der Waals surface area contributed by atoms with E-state index in [0.29, 0.717) is 4.50 Å².